The van der Waals surface area contributed by atoms with Crippen LogP contribution < -0.4 is 0 Å². The Labute approximate surface area is 173 Å². The van der Waals surface area contributed by atoms with Crippen LogP contribution in [0, 0.1) is 11.3 Å². The van der Waals surface area contributed by atoms with Gasteiger partial charge in [0.05, 0.1) is 28.7 Å². The highest BCUT2D eigenvalue weighted by Crippen LogP contribution is 2.14. The largest absolute Gasteiger partial charge is 0.337 e. The lowest BCUT2D eigenvalue weighted by Crippen LogP contribution is -2.37. The van der Waals surface area contributed by atoms with Gasteiger partial charge >= 0.3 is 0 Å². The molecule has 1 amide bonds. The van der Waals surface area contributed by atoms with Gasteiger partial charge in [0.25, 0.3) is 0 Å². The zero-order chi connectivity index (χ0) is 21.4. The van der Waals surface area contributed by atoms with Crippen molar-refractivity contribution in [2.75, 3.05) is 32.9 Å². The van der Waals surface area contributed by atoms with Crippen molar-refractivity contribution in [2.24, 2.45) is 0 Å². The normalized spacial score (nSPS) is 11.3. The van der Waals surface area contributed by atoms with Gasteiger partial charge in [-0.3, -0.25) is 4.79 Å². The summed E-state index contributed by atoms with van der Waals surface area (Å²) < 4.78 is 23.9. The molecule has 0 N–H and O–H groups in total. The second-order valence-electron chi connectivity index (χ2n) is 7.15. The number of benzene rings is 2. The summed E-state index contributed by atoms with van der Waals surface area (Å²) >= 11 is 0. The monoisotopic (exact) mass is 413 g/mol. The first-order chi connectivity index (χ1) is 13.7. The number of likely N-dealkylation sites (N-methyl/N-ethyl adjacent to an activating group) is 1. The highest BCUT2D eigenvalue weighted by molar-refractivity contribution is 7.91. The van der Waals surface area contributed by atoms with Crippen molar-refractivity contribution in [2.45, 2.75) is 24.8 Å². The van der Waals surface area contributed by atoms with E-state index >= 15 is 0 Å². The molecule has 6 nitrogen and oxygen atoms in total. The maximum atomic E-state index is 12.9. The maximum Gasteiger partial charge on any atom is 0.227 e. The molecule has 0 radical (unpaired) electrons. The van der Waals surface area contributed by atoms with Gasteiger partial charge in [-0.15, -0.1) is 0 Å². The number of nitrogens with zero attached hydrogens (tertiary/aromatic N) is 3. The average molecular weight is 414 g/mol. The minimum atomic E-state index is -3.25. The molecule has 0 unspecified atom stereocenters. The molecule has 0 aromatic heterocycles. The lowest BCUT2D eigenvalue weighted by Gasteiger charge is -2.25. The van der Waals surface area contributed by atoms with Crippen LogP contribution in [0.4, 0.5) is 0 Å². The summed E-state index contributed by atoms with van der Waals surface area (Å²) in [6, 6.07) is 15.8. The van der Waals surface area contributed by atoms with Crippen LogP contribution in [0.3, 0.4) is 0 Å². The van der Waals surface area contributed by atoms with Crippen LogP contribution >= 0.6 is 0 Å². The summed E-state index contributed by atoms with van der Waals surface area (Å²) in [5, 5.41) is 8.94. The molecule has 0 aliphatic rings. The van der Waals surface area contributed by atoms with Crippen LogP contribution in [-0.4, -0.2) is 57.1 Å². The lowest BCUT2D eigenvalue weighted by atomic mass is 10.1. The zero-order valence-electron chi connectivity index (χ0n) is 17.1. The van der Waals surface area contributed by atoms with Crippen molar-refractivity contribution >= 4 is 15.7 Å². The highest BCUT2D eigenvalue weighted by atomic mass is 32.2. The molecular formula is C22H27N3O3S. The van der Waals surface area contributed by atoms with Crippen molar-refractivity contribution in [3.8, 4) is 6.07 Å². The number of carbonyl (C=O) groups excluding carboxylic acids is 1. The van der Waals surface area contributed by atoms with Gasteiger partial charge in [-0.1, -0.05) is 31.2 Å². The van der Waals surface area contributed by atoms with Crippen LogP contribution in [0.1, 0.15) is 23.6 Å². The van der Waals surface area contributed by atoms with E-state index in [1.54, 1.807) is 48.2 Å². The Morgan fingerprint density at radius 2 is 1.55 bits per heavy atom. The third-order valence-corrected chi connectivity index (χ3v) is 6.39. The van der Waals surface area contributed by atoms with E-state index in [4.69, 9.17) is 5.26 Å². The molecule has 0 fully saturated rings. The first-order valence-corrected chi connectivity index (χ1v) is 11.1. The van der Waals surface area contributed by atoms with Gasteiger partial charge in [-0.25, -0.2) is 8.42 Å². The Morgan fingerprint density at radius 3 is 2.07 bits per heavy atom. The molecule has 0 saturated heterocycles. The summed E-state index contributed by atoms with van der Waals surface area (Å²) in [4.78, 5) is 17.0. The molecular weight excluding hydrogens is 386 g/mol. The van der Waals surface area contributed by atoms with Crippen molar-refractivity contribution in [1.29, 1.82) is 5.26 Å². The summed E-state index contributed by atoms with van der Waals surface area (Å²) in [7, 11) is 0.663. The van der Waals surface area contributed by atoms with Crippen LogP contribution in [0.15, 0.2) is 53.4 Å². The summed E-state index contributed by atoms with van der Waals surface area (Å²) in [6.45, 7) is 3.38. The standard InChI is InChI=1S/C22H27N3O3S/c1-4-29(27,28)21-11-9-18(10-12-21)15-22(26)25(14-13-24(2)3)17-20-7-5-19(16-23)6-8-20/h5-12H,4,13-15,17H2,1-3H3. The predicted molar refractivity (Wildman–Crippen MR) is 113 cm³/mol. The molecule has 7 heteroatoms. The molecule has 0 atom stereocenters. The van der Waals surface area contributed by atoms with Gasteiger partial charge in [0, 0.05) is 19.6 Å². The van der Waals surface area contributed by atoms with E-state index in [-0.39, 0.29) is 23.0 Å². The molecule has 0 saturated carbocycles. The van der Waals surface area contributed by atoms with Crippen molar-refractivity contribution in [3.63, 3.8) is 0 Å². The van der Waals surface area contributed by atoms with Crippen LogP contribution in [0.2, 0.25) is 0 Å². The molecule has 0 aliphatic heterocycles. The first kappa shape index (κ1) is 22.6. The van der Waals surface area contributed by atoms with Gasteiger partial charge in [0.2, 0.25) is 5.91 Å². The van der Waals surface area contributed by atoms with Crippen LogP contribution in [0.5, 0.6) is 0 Å². The second kappa shape index (κ2) is 10.2. The van der Waals surface area contributed by atoms with E-state index in [0.717, 1.165) is 17.7 Å². The Hall–Kier alpha value is -2.69. The number of sulfone groups is 1. The van der Waals surface area contributed by atoms with Gasteiger partial charge in [0.1, 0.15) is 0 Å². The van der Waals surface area contributed by atoms with E-state index in [1.807, 2.05) is 31.1 Å². The maximum absolute atomic E-state index is 12.9. The average Bonchev–Trinajstić information content (AvgIpc) is 2.71. The summed E-state index contributed by atoms with van der Waals surface area (Å²) in [5.41, 5.74) is 2.32. The Morgan fingerprint density at radius 1 is 0.966 bits per heavy atom. The second-order valence-corrected chi connectivity index (χ2v) is 9.43. The van der Waals surface area contributed by atoms with E-state index in [2.05, 4.69) is 6.07 Å². The number of nitriles is 1. The fourth-order valence-electron chi connectivity index (χ4n) is 2.79. The zero-order valence-corrected chi connectivity index (χ0v) is 17.9. The molecule has 0 heterocycles. The summed E-state index contributed by atoms with van der Waals surface area (Å²) in [6.07, 6.45) is 0.205. The quantitative estimate of drug-likeness (QED) is 0.631. The van der Waals surface area contributed by atoms with Crippen LogP contribution in [0.25, 0.3) is 0 Å². The molecule has 29 heavy (non-hydrogen) atoms. The smallest absolute Gasteiger partial charge is 0.227 e. The van der Waals surface area contributed by atoms with Crippen molar-refractivity contribution < 1.29 is 13.2 Å². The van der Waals surface area contributed by atoms with Crippen molar-refractivity contribution in [3.05, 3.63) is 65.2 Å². The summed E-state index contributed by atoms with van der Waals surface area (Å²) in [5.74, 6) is 0.0241. The number of hydrogen-bond donors (Lipinski definition) is 0. The van der Waals surface area contributed by atoms with Gasteiger partial charge in [0.15, 0.2) is 9.84 Å². The van der Waals surface area contributed by atoms with E-state index < -0.39 is 9.84 Å². The molecule has 154 valence electrons. The SMILES string of the molecule is CCS(=O)(=O)c1ccc(CC(=O)N(CCN(C)C)Cc2ccc(C#N)cc2)cc1. The molecule has 0 bridgehead atoms. The van der Waals surface area contributed by atoms with E-state index in [1.165, 1.54) is 0 Å². The fourth-order valence-corrected chi connectivity index (χ4v) is 3.67. The van der Waals surface area contributed by atoms with Gasteiger partial charge in [-0.2, -0.15) is 5.26 Å². The third-order valence-electron chi connectivity index (χ3n) is 4.64. The van der Waals surface area contributed by atoms with E-state index in [9.17, 15) is 13.2 Å². The minimum absolute atomic E-state index is 0.0256. The highest BCUT2D eigenvalue weighted by Gasteiger charge is 2.16. The van der Waals surface area contributed by atoms with Gasteiger partial charge in [-0.05, 0) is 49.5 Å². The number of carbonyl (C=O) groups is 1. The Balaban J connectivity index is 2.12. The topological polar surface area (TPSA) is 81.5 Å². The lowest BCUT2D eigenvalue weighted by molar-refractivity contribution is -0.131. The van der Waals surface area contributed by atoms with Gasteiger partial charge < -0.3 is 9.80 Å². The van der Waals surface area contributed by atoms with Crippen molar-refractivity contribution in [1.82, 2.24) is 9.80 Å². The molecule has 0 spiro atoms. The molecule has 2 rings (SSSR count). The number of hydrogen-bond acceptors (Lipinski definition) is 5. The number of amides is 1. The first-order valence-electron chi connectivity index (χ1n) is 9.48. The fraction of sp³-hybridized carbons (Fsp3) is 0.364. The molecule has 2 aromatic rings. The number of rotatable bonds is 9. The third kappa shape index (κ3) is 6.70. The predicted octanol–water partition coefficient (Wildman–Crippen LogP) is 2.48. The molecule has 0 aliphatic carbocycles. The molecule has 2 aromatic carbocycles. The Bertz CT molecular complexity index is 960. The van der Waals surface area contributed by atoms with Crippen LogP contribution in [-0.2, 0) is 27.6 Å². The van der Waals surface area contributed by atoms with E-state index in [0.29, 0.717) is 18.7 Å². The Kier molecular flexibility index (Phi) is 7.94. The minimum Gasteiger partial charge on any atom is -0.337 e.